The standard InChI is InChI=1S/C22H25NO4/c1-17(24)23-15-7-3-6-10-22(26)27-16-21(25)20-13-11-19(12-14-20)18-8-4-2-5-9-18/h2,4-5,8-9,11-14H,3,6-7,10,15-16H2,1H3,(H,23,24). The maximum absolute atomic E-state index is 12.2. The van der Waals surface area contributed by atoms with E-state index in [9.17, 15) is 14.4 Å². The van der Waals surface area contributed by atoms with Crippen molar-refractivity contribution < 1.29 is 19.1 Å². The highest BCUT2D eigenvalue weighted by Gasteiger charge is 2.10. The molecule has 0 atom stereocenters. The van der Waals surface area contributed by atoms with Gasteiger partial charge in [-0.2, -0.15) is 0 Å². The monoisotopic (exact) mass is 367 g/mol. The van der Waals surface area contributed by atoms with Gasteiger partial charge in [-0.15, -0.1) is 0 Å². The van der Waals surface area contributed by atoms with Crippen LogP contribution in [0.4, 0.5) is 0 Å². The van der Waals surface area contributed by atoms with E-state index >= 15 is 0 Å². The van der Waals surface area contributed by atoms with E-state index in [1.807, 2.05) is 42.5 Å². The number of carbonyl (C=O) groups excluding carboxylic acids is 3. The maximum Gasteiger partial charge on any atom is 0.306 e. The van der Waals surface area contributed by atoms with Gasteiger partial charge in [-0.3, -0.25) is 14.4 Å². The lowest BCUT2D eigenvalue weighted by Crippen LogP contribution is -2.20. The number of hydrogen-bond acceptors (Lipinski definition) is 4. The first kappa shape index (κ1) is 20.4. The molecule has 27 heavy (non-hydrogen) atoms. The van der Waals surface area contributed by atoms with Crippen molar-refractivity contribution in [2.24, 2.45) is 0 Å². The molecule has 0 aliphatic heterocycles. The van der Waals surface area contributed by atoms with E-state index in [0.717, 1.165) is 24.0 Å². The summed E-state index contributed by atoms with van der Waals surface area (Å²) in [5.74, 6) is -0.637. The molecule has 0 radical (unpaired) electrons. The molecule has 0 aliphatic carbocycles. The summed E-state index contributed by atoms with van der Waals surface area (Å²) in [5.41, 5.74) is 2.64. The molecule has 0 fully saturated rings. The molecule has 0 saturated heterocycles. The average Bonchev–Trinajstić information content (AvgIpc) is 2.69. The second kappa shape index (κ2) is 10.9. The first-order chi connectivity index (χ1) is 13.1. The number of esters is 1. The fraction of sp³-hybridized carbons (Fsp3) is 0.318. The van der Waals surface area contributed by atoms with Crippen molar-refractivity contribution in [2.75, 3.05) is 13.2 Å². The predicted octanol–water partition coefficient (Wildman–Crippen LogP) is 3.78. The number of ether oxygens (including phenoxy) is 1. The van der Waals surface area contributed by atoms with Gasteiger partial charge >= 0.3 is 5.97 Å². The average molecular weight is 367 g/mol. The van der Waals surface area contributed by atoms with Gasteiger partial charge in [-0.1, -0.05) is 61.0 Å². The molecule has 2 aromatic carbocycles. The molecular formula is C22H25NO4. The molecule has 1 N–H and O–H groups in total. The fourth-order valence-corrected chi connectivity index (χ4v) is 2.62. The normalized spacial score (nSPS) is 10.3. The van der Waals surface area contributed by atoms with Gasteiger partial charge in [-0.05, 0) is 24.0 Å². The highest BCUT2D eigenvalue weighted by molar-refractivity contribution is 5.98. The van der Waals surface area contributed by atoms with Crippen molar-refractivity contribution in [3.63, 3.8) is 0 Å². The Morgan fingerprint density at radius 1 is 0.852 bits per heavy atom. The van der Waals surface area contributed by atoms with E-state index in [1.165, 1.54) is 6.92 Å². The summed E-state index contributed by atoms with van der Waals surface area (Å²) < 4.78 is 5.06. The van der Waals surface area contributed by atoms with Crippen LogP contribution in [0.25, 0.3) is 11.1 Å². The van der Waals surface area contributed by atoms with Gasteiger partial charge in [0.1, 0.15) is 0 Å². The highest BCUT2D eigenvalue weighted by Crippen LogP contribution is 2.19. The SMILES string of the molecule is CC(=O)NCCCCCC(=O)OCC(=O)c1ccc(-c2ccccc2)cc1. The molecule has 0 saturated carbocycles. The molecule has 5 heteroatoms. The number of rotatable bonds is 10. The van der Waals surface area contributed by atoms with Crippen molar-refractivity contribution in [1.82, 2.24) is 5.32 Å². The zero-order valence-electron chi connectivity index (χ0n) is 15.6. The minimum atomic E-state index is -0.371. The van der Waals surface area contributed by atoms with Crippen molar-refractivity contribution in [2.45, 2.75) is 32.6 Å². The van der Waals surface area contributed by atoms with Crippen molar-refractivity contribution in [1.29, 1.82) is 0 Å². The molecule has 0 unspecified atom stereocenters. The minimum absolute atomic E-state index is 0.0512. The van der Waals surface area contributed by atoms with E-state index in [0.29, 0.717) is 18.5 Å². The number of nitrogens with one attached hydrogen (secondary N) is 1. The van der Waals surface area contributed by atoms with Crippen molar-refractivity contribution in [3.8, 4) is 11.1 Å². The smallest absolute Gasteiger partial charge is 0.306 e. The molecule has 1 amide bonds. The largest absolute Gasteiger partial charge is 0.457 e. The quantitative estimate of drug-likeness (QED) is 0.394. The number of hydrogen-bond donors (Lipinski definition) is 1. The van der Waals surface area contributed by atoms with Gasteiger partial charge in [0.15, 0.2) is 12.4 Å². The fourth-order valence-electron chi connectivity index (χ4n) is 2.62. The van der Waals surface area contributed by atoms with Gasteiger partial charge in [0, 0.05) is 25.5 Å². The van der Waals surface area contributed by atoms with Crippen LogP contribution in [0.5, 0.6) is 0 Å². The Labute approximate surface area is 159 Å². The van der Waals surface area contributed by atoms with Crippen LogP contribution < -0.4 is 5.32 Å². The molecule has 0 spiro atoms. The molecule has 2 aromatic rings. The van der Waals surface area contributed by atoms with Gasteiger partial charge < -0.3 is 10.1 Å². The van der Waals surface area contributed by atoms with Crippen LogP contribution in [0, 0.1) is 0 Å². The lowest BCUT2D eigenvalue weighted by Gasteiger charge is -2.06. The Hall–Kier alpha value is -2.95. The summed E-state index contributed by atoms with van der Waals surface area (Å²) in [5, 5.41) is 2.71. The molecule has 142 valence electrons. The summed E-state index contributed by atoms with van der Waals surface area (Å²) in [7, 11) is 0. The Kier molecular flexibility index (Phi) is 8.23. The molecule has 5 nitrogen and oxygen atoms in total. The lowest BCUT2D eigenvalue weighted by atomic mass is 10.0. The molecule has 0 bridgehead atoms. The number of benzene rings is 2. The summed E-state index contributed by atoms with van der Waals surface area (Å²) in [6, 6.07) is 17.2. The van der Waals surface area contributed by atoms with Crippen molar-refractivity contribution in [3.05, 3.63) is 60.2 Å². The van der Waals surface area contributed by atoms with E-state index < -0.39 is 0 Å². The molecule has 0 aliphatic rings. The van der Waals surface area contributed by atoms with Crippen LogP contribution >= 0.6 is 0 Å². The number of Topliss-reactive ketones (excluding diaryl/α,β-unsaturated/α-hetero) is 1. The van der Waals surface area contributed by atoms with Crippen molar-refractivity contribution >= 4 is 17.7 Å². The highest BCUT2D eigenvalue weighted by atomic mass is 16.5. The Morgan fingerprint density at radius 3 is 2.19 bits per heavy atom. The predicted molar refractivity (Wildman–Crippen MR) is 104 cm³/mol. The topological polar surface area (TPSA) is 72.5 Å². The molecule has 0 aromatic heterocycles. The lowest BCUT2D eigenvalue weighted by molar-refractivity contribution is -0.142. The first-order valence-corrected chi connectivity index (χ1v) is 9.15. The molecule has 2 rings (SSSR count). The van der Waals surface area contributed by atoms with Crippen LogP contribution in [-0.2, 0) is 14.3 Å². The van der Waals surface area contributed by atoms with Gasteiger partial charge in [0.2, 0.25) is 5.91 Å². The van der Waals surface area contributed by atoms with E-state index in [2.05, 4.69) is 5.32 Å². The Morgan fingerprint density at radius 2 is 1.52 bits per heavy atom. The second-order valence-corrected chi connectivity index (χ2v) is 6.32. The summed E-state index contributed by atoms with van der Waals surface area (Å²) in [6.45, 7) is 1.85. The van der Waals surface area contributed by atoms with Crippen LogP contribution in [0.3, 0.4) is 0 Å². The third kappa shape index (κ3) is 7.44. The van der Waals surface area contributed by atoms with Crippen LogP contribution in [0.1, 0.15) is 43.0 Å². The minimum Gasteiger partial charge on any atom is -0.457 e. The number of carbonyl (C=O) groups is 3. The number of ketones is 1. The van der Waals surface area contributed by atoms with Crippen LogP contribution in [0.15, 0.2) is 54.6 Å². The maximum atomic E-state index is 12.2. The van der Waals surface area contributed by atoms with E-state index in [4.69, 9.17) is 4.74 Å². The van der Waals surface area contributed by atoms with Gasteiger partial charge in [0.25, 0.3) is 0 Å². The molecule has 0 heterocycles. The summed E-state index contributed by atoms with van der Waals surface area (Å²) in [6.07, 6.45) is 2.60. The zero-order valence-corrected chi connectivity index (χ0v) is 15.6. The zero-order chi connectivity index (χ0) is 19.5. The molecular weight excluding hydrogens is 342 g/mol. The third-order valence-electron chi connectivity index (χ3n) is 4.11. The Balaban J connectivity index is 1.69. The Bertz CT molecular complexity index is 754. The van der Waals surface area contributed by atoms with Gasteiger partial charge in [-0.25, -0.2) is 0 Å². The number of amides is 1. The third-order valence-corrected chi connectivity index (χ3v) is 4.11. The number of unbranched alkanes of at least 4 members (excludes halogenated alkanes) is 2. The van der Waals surface area contributed by atoms with Crippen LogP contribution in [-0.4, -0.2) is 30.8 Å². The van der Waals surface area contributed by atoms with E-state index in [-0.39, 0.29) is 30.7 Å². The summed E-state index contributed by atoms with van der Waals surface area (Å²) in [4.78, 5) is 34.6. The summed E-state index contributed by atoms with van der Waals surface area (Å²) >= 11 is 0. The van der Waals surface area contributed by atoms with E-state index in [1.54, 1.807) is 12.1 Å². The van der Waals surface area contributed by atoms with Crippen LogP contribution in [0.2, 0.25) is 0 Å². The second-order valence-electron chi connectivity index (χ2n) is 6.32. The first-order valence-electron chi connectivity index (χ1n) is 9.15. The van der Waals surface area contributed by atoms with Gasteiger partial charge in [0.05, 0.1) is 0 Å².